The normalized spacial score (nSPS) is 16.2. The fraction of sp³-hybridized carbons (Fsp3) is 0.261. The summed E-state index contributed by atoms with van der Waals surface area (Å²) in [7, 11) is 0. The second-order valence-electron chi connectivity index (χ2n) is 7.77. The number of benzene rings is 1. The first-order chi connectivity index (χ1) is 16.0. The lowest BCUT2D eigenvalue weighted by Gasteiger charge is -2.34. The minimum Gasteiger partial charge on any atom is -0.368 e. The number of hydrogen-bond donors (Lipinski definition) is 3. The number of aromatic nitrogens is 4. The molecule has 0 spiro atoms. The average Bonchev–Trinajstić information content (AvgIpc) is 3.17. The molecule has 2 amide bonds. The van der Waals surface area contributed by atoms with E-state index >= 15 is 0 Å². The van der Waals surface area contributed by atoms with Gasteiger partial charge < -0.3 is 21.8 Å². The molecule has 1 unspecified atom stereocenters. The monoisotopic (exact) mass is 446 g/mol. The number of likely N-dealkylation sites (tertiary alicyclic amines) is 1. The van der Waals surface area contributed by atoms with Crippen molar-refractivity contribution in [1.82, 2.24) is 24.8 Å². The number of piperidine rings is 1. The maximum Gasteiger partial charge on any atom is 0.269 e. The number of carbonyl (C=O) groups is 2. The van der Waals surface area contributed by atoms with Crippen molar-refractivity contribution in [3.8, 4) is 11.3 Å². The van der Waals surface area contributed by atoms with E-state index in [1.54, 1.807) is 36.4 Å². The number of primary amides is 1. The third-order valence-corrected chi connectivity index (χ3v) is 5.59. The Morgan fingerprint density at radius 3 is 2.64 bits per heavy atom. The standard InChI is InChI=1S/C23H26N8O2/c1-2-13-30-14-4-3-6-17(30)22-28-19(20(21(24)32)31(22)25)15-8-10-16(11-9-15)23(33)27-18-7-5-12-26-29-18/h2,5,7-13,17H,3-4,6,14,25H2,1H3,(H2,24,32)(H,27,29,33). The largest absolute Gasteiger partial charge is 0.368 e. The maximum atomic E-state index is 12.5. The molecule has 0 bridgehead atoms. The molecule has 1 atom stereocenters. The van der Waals surface area contributed by atoms with E-state index in [1.807, 2.05) is 19.2 Å². The number of nitrogens with two attached hydrogens (primary N) is 2. The summed E-state index contributed by atoms with van der Waals surface area (Å²) in [5.74, 6) is 6.27. The average molecular weight is 447 g/mol. The molecular weight excluding hydrogens is 420 g/mol. The number of nitrogen functional groups attached to an aromatic ring is 1. The predicted molar refractivity (Wildman–Crippen MR) is 124 cm³/mol. The topological polar surface area (TPSA) is 145 Å². The van der Waals surface area contributed by atoms with Crippen LogP contribution in [0.15, 0.2) is 54.9 Å². The first kappa shape index (κ1) is 22.0. The van der Waals surface area contributed by atoms with Crippen LogP contribution in [-0.2, 0) is 0 Å². The summed E-state index contributed by atoms with van der Waals surface area (Å²) in [6.45, 7) is 2.85. The lowest BCUT2D eigenvalue weighted by molar-refractivity contribution is 0.0990. The first-order valence-corrected chi connectivity index (χ1v) is 10.7. The highest BCUT2D eigenvalue weighted by Crippen LogP contribution is 2.33. The summed E-state index contributed by atoms with van der Waals surface area (Å²) >= 11 is 0. The molecule has 1 aliphatic heterocycles. The zero-order valence-electron chi connectivity index (χ0n) is 18.3. The number of nitrogens with zero attached hydrogens (tertiary/aromatic N) is 5. The van der Waals surface area contributed by atoms with E-state index in [4.69, 9.17) is 16.6 Å². The zero-order valence-corrected chi connectivity index (χ0v) is 18.3. The maximum absolute atomic E-state index is 12.5. The molecule has 0 radical (unpaired) electrons. The van der Waals surface area contributed by atoms with Crippen LogP contribution >= 0.6 is 0 Å². The van der Waals surface area contributed by atoms with E-state index in [0.717, 1.165) is 25.8 Å². The molecule has 3 heterocycles. The van der Waals surface area contributed by atoms with Gasteiger partial charge in [-0.3, -0.25) is 9.59 Å². The van der Waals surface area contributed by atoms with Crippen molar-refractivity contribution in [3.63, 3.8) is 0 Å². The Bertz CT molecular complexity index is 1170. The molecule has 33 heavy (non-hydrogen) atoms. The molecular formula is C23H26N8O2. The molecule has 3 aromatic rings. The van der Waals surface area contributed by atoms with Crippen LogP contribution in [-0.4, -0.2) is 43.1 Å². The van der Waals surface area contributed by atoms with Crippen molar-refractivity contribution in [3.05, 3.63) is 72.0 Å². The Labute approximate surface area is 191 Å². The van der Waals surface area contributed by atoms with E-state index in [9.17, 15) is 9.59 Å². The van der Waals surface area contributed by atoms with Gasteiger partial charge in [-0.1, -0.05) is 18.2 Å². The highest BCUT2D eigenvalue weighted by atomic mass is 16.2. The molecule has 2 aromatic heterocycles. The molecule has 10 nitrogen and oxygen atoms in total. The molecule has 1 aromatic carbocycles. The van der Waals surface area contributed by atoms with Gasteiger partial charge in [0.2, 0.25) is 0 Å². The van der Waals surface area contributed by atoms with Crippen LogP contribution in [0.2, 0.25) is 0 Å². The fourth-order valence-corrected chi connectivity index (χ4v) is 4.06. The summed E-state index contributed by atoms with van der Waals surface area (Å²) in [4.78, 5) is 31.7. The molecule has 10 heteroatoms. The van der Waals surface area contributed by atoms with E-state index in [2.05, 4.69) is 20.4 Å². The van der Waals surface area contributed by atoms with Gasteiger partial charge >= 0.3 is 0 Å². The SMILES string of the molecule is CC=CN1CCCCC1c1nc(-c2ccc(C(=O)Nc3cccnn3)cc2)c(C(N)=O)n1N. The van der Waals surface area contributed by atoms with Crippen molar-refractivity contribution in [2.45, 2.75) is 32.2 Å². The minimum atomic E-state index is -0.663. The van der Waals surface area contributed by atoms with Gasteiger partial charge in [-0.2, -0.15) is 5.10 Å². The summed E-state index contributed by atoms with van der Waals surface area (Å²) in [5, 5.41) is 10.3. The van der Waals surface area contributed by atoms with Gasteiger partial charge in [0, 0.05) is 23.9 Å². The highest BCUT2D eigenvalue weighted by molar-refractivity contribution is 6.04. The second-order valence-corrected chi connectivity index (χ2v) is 7.77. The van der Waals surface area contributed by atoms with Gasteiger partial charge in [-0.25, -0.2) is 9.66 Å². The van der Waals surface area contributed by atoms with Gasteiger partial charge in [-0.15, -0.1) is 5.10 Å². The minimum absolute atomic E-state index is 0.0520. The fourth-order valence-electron chi connectivity index (χ4n) is 4.06. The quantitative estimate of drug-likeness (QED) is 0.493. The predicted octanol–water partition coefficient (Wildman–Crippen LogP) is 2.47. The van der Waals surface area contributed by atoms with Gasteiger partial charge in [0.1, 0.15) is 5.69 Å². The Balaban J connectivity index is 1.65. The number of allylic oxidation sites excluding steroid dienone is 1. The Kier molecular flexibility index (Phi) is 6.34. The number of nitrogens with one attached hydrogen (secondary N) is 1. The number of imidazole rings is 1. The molecule has 0 aliphatic carbocycles. The Morgan fingerprint density at radius 1 is 1.18 bits per heavy atom. The van der Waals surface area contributed by atoms with Crippen LogP contribution in [0.1, 0.15) is 58.9 Å². The number of hydrogen-bond acceptors (Lipinski definition) is 7. The van der Waals surface area contributed by atoms with Crippen molar-refractivity contribution in [1.29, 1.82) is 0 Å². The van der Waals surface area contributed by atoms with Crippen molar-refractivity contribution >= 4 is 17.6 Å². The second kappa shape index (κ2) is 9.51. The van der Waals surface area contributed by atoms with Crippen LogP contribution in [0.3, 0.4) is 0 Å². The van der Waals surface area contributed by atoms with Crippen LogP contribution in [0, 0.1) is 0 Å². The van der Waals surface area contributed by atoms with Gasteiger partial charge in [-0.05, 0) is 56.7 Å². The number of carbonyl (C=O) groups excluding carboxylic acids is 2. The molecule has 0 saturated carbocycles. The molecule has 1 saturated heterocycles. The Morgan fingerprint density at radius 2 is 1.97 bits per heavy atom. The first-order valence-electron chi connectivity index (χ1n) is 10.7. The highest BCUT2D eigenvalue weighted by Gasteiger charge is 2.30. The lowest BCUT2D eigenvalue weighted by atomic mass is 10.0. The van der Waals surface area contributed by atoms with Crippen molar-refractivity contribution < 1.29 is 9.59 Å². The third-order valence-electron chi connectivity index (χ3n) is 5.59. The summed E-state index contributed by atoms with van der Waals surface area (Å²) in [6.07, 6.45) is 8.52. The van der Waals surface area contributed by atoms with Crippen LogP contribution < -0.4 is 16.9 Å². The van der Waals surface area contributed by atoms with Gasteiger partial charge in [0.05, 0.1) is 6.04 Å². The Hall–Kier alpha value is -4.21. The van der Waals surface area contributed by atoms with Crippen LogP contribution in [0.25, 0.3) is 11.3 Å². The van der Waals surface area contributed by atoms with E-state index in [1.165, 1.54) is 10.9 Å². The molecule has 1 fully saturated rings. The van der Waals surface area contributed by atoms with E-state index in [-0.39, 0.29) is 17.6 Å². The molecule has 1 aliphatic rings. The number of anilines is 1. The summed E-state index contributed by atoms with van der Waals surface area (Å²) in [5.41, 5.74) is 7.25. The lowest BCUT2D eigenvalue weighted by Crippen LogP contribution is -2.33. The van der Waals surface area contributed by atoms with E-state index in [0.29, 0.717) is 28.5 Å². The smallest absolute Gasteiger partial charge is 0.269 e. The molecule has 4 rings (SSSR count). The summed E-state index contributed by atoms with van der Waals surface area (Å²) in [6, 6.07) is 10.0. The van der Waals surface area contributed by atoms with Gasteiger partial charge in [0.25, 0.3) is 11.8 Å². The zero-order chi connectivity index (χ0) is 23.4. The number of amides is 2. The van der Waals surface area contributed by atoms with Crippen LogP contribution in [0.5, 0.6) is 0 Å². The van der Waals surface area contributed by atoms with Gasteiger partial charge in [0.15, 0.2) is 17.3 Å². The number of rotatable bonds is 6. The molecule has 5 N–H and O–H groups in total. The third kappa shape index (κ3) is 4.54. The molecule has 170 valence electrons. The van der Waals surface area contributed by atoms with Crippen molar-refractivity contribution in [2.75, 3.05) is 17.7 Å². The van der Waals surface area contributed by atoms with Crippen LogP contribution in [0.4, 0.5) is 5.82 Å². The van der Waals surface area contributed by atoms with Crippen molar-refractivity contribution in [2.24, 2.45) is 5.73 Å². The summed E-state index contributed by atoms with van der Waals surface area (Å²) < 4.78 is 1.30. The van der Waals surface area contributed by atoms with E-state index < -0.39 is 5.91 Å².